The fourth-order valence-corrected chi connectivity index (χ4v) is 1.89. The monoisotopic (exact) mass is 222 g/mol. The van der Waals surface area contributed by atoms with Crippen molar-refractivity contribution in [1.82, 2.24) is 9.97 Å². The van der Waals surface area contributed by atoms with Gasteiger partial charge in [0.25, 0.3) is 0 Å². The second kappa shape index (κ2) is 5.12. The number of nitrogens with one attached hydrogen (secondary N) is 1. The Bertz CT molecular complexity index is 337. The molecule has 0 saturated heterocycles. The van der Waals surface area contributed by atoms with Gasteiger partial charge in [0, 0.05) is 19.3 Å². The maximum absolute atomic E-state index is 5.84. The van der Waals surface area contributed by atoms with Gasteiger partial charge in [0.15, 0.2) is 0 Å². The minimum Gasteiger partial charge on any atom is -0.460 e. The molecule has 1 fully saturated rings. The van der Waals surface area contributed by atoms with E-state index < -0.39 is 0 Å². The molecule has 5 nitrogen and oxygen atoms in total. The third-order valence-electron chi connectivity index (χ3n) is 2.88. The molecule has 0 spiro atoms. The first-order valence-electron chi connectivity index (χ1n) is 5.71. The quantitative estimate of drug-likeness (QED) is 0.803. The van der Waals surface area contributed by atoms with Crippen LogP contribution in [0.4, 0.5) is 5.82 Å². The van der Waals surface area contributed by atoms with Crippen LogP contribution in [-0.4, -0.2) is 29.2 Å². The SMILES string of the molecule is CNc1ccnc(O[C@H]2CC[C@H](N)CC2)n1. The van der Waals surface area contributed by atoms with Crippen LogP contribution < -0.4 is 15.8 Å². The molecule has 1 aliphatic rings. The molecule has 88 valence electrons. The van der Waals surface area contributed by atoms with Crippen molar-refractivity contribution in [2.75, 3.05) is 12.4 Å². The number of nitrogens with zero attached hydrogens (tertiary/aromatic N) is 2. The molecule has 0 unspecified atom stereocenters. The van der Waals surface area contributed by atoms with Gasteiger partial charge in [-0.2, -0.15) is 4.98 Å². The third kappa shape index (κ3) is 2.82. The van der Waals surface area contributed by atoms with E-state index in [1.165, 1.54) is 0 Å². The highest BCUT2D eigenvalue weighted by Crippen LogP contribution is 2.21. The third-order valence-corrected chi connectivity index (χ3v) is 2.88. The van der Waals surface area contributed by atoms with Crippen LogP contribution in [0.15, 0.2) is 12.3 Å². The van der Waals surface area contributed by atoms with Crippen LogP contribution >= 0.6 is 0 Å². The zero-order chi connectivity index (χ0) is 11.4. The molecule has 2 rings (SSSR count). The molecule has 1 saturated carbocycles. The van der Waals surface area contributed by atoms with Crippen LogP contribution in [0.2, 0.25) is 0 Å². The van der Waals surface area contributed by atoms with E-state index in [-0.39, 0.29) is 6.10 Å². The Morgan fingerprint density at radius 2 is 2.12 bits per heavy atom. The first-order valence-corrected chi connectivity index (χ1v) is 5.71. The minimum atomic E-state index is 0.215. The van der Waals surface area contributed by atoms with E-state index in [1.807, 2.05) is 13.1 Å². The highest BCUT2D eigenvalue weighted by atomic mass is 16.5. The number of ether oxygens (including phenoxy) is 1. The van der Waals surface area contributed by atoms with Crippen molar-refractivity contribution < 1.29 is 4.74 Å². The summed E-state index contributed by atoms with van der Waals surface area (Å²) in [7, 11) is 1.83. The lowest BCUT2D eigenvalue weighted by molar-refractivity contribution is 0.135. The Morgan fingerprint density at radius 3 is 2.81 bits per heavy atom. The Hall–Kier alpha value is -1.36. The molecular weight excluding hydrogens is 204 g/mol. The van der Waals surface area contributed by atoms with Crippen molar-refractivity contribution in [1.29, 1.82) is 0 Å². The van der Waals surface area contributed by atoms with Gasteiger partial charge < -0.3 is 15.8 Å². The largest absolute Gasteiger partial charge is 0.460 e. The van der Waals surface area contributed by atoms with Gasteiger partial charge in [0.05, 0.1) is 0 Å². The maximum Gasteiger partial charge on any atom is 0.318 e. The zero-order valence-electron chi connectivity index (χ0n) is 9.52. The van der Waals surface area contributed by atoms with Gasteiger partial charge in [-0.05, 0) is 31.7 Å². The van der Waals surface area contributed by atoms with Crippen LogP contribution in [0.1, 0.15) is 25.7 Å². The molecule has 1 heterocycles. The fourth-order valence-electron chi connectivity index (χ4n) is 1.89. The molecule has 0 amide bonds. The number of anilines is 1. The smallest absolute Gasteiger partial charge is 0.318 e. The Balaban J connectivity index is 1.93. The first-order chi connectivity index (χ1) is 7.78. The average Bonchev–Trinajstić information content (AvgIpc) is 2.32. The summed E-state index contributed by atoms with van der Waals surface area (Å²) in [4.78, 5) is 8.32. The molecule has 0 atom stereocenters. The summed E-state index contributed by atoms with van der Waals surface area (Å²) in [5.41, 5.74) is 5.84. The van der Waals surface area contributed by atoms with Crippen molar-refractivity contribution >= 4 is 5.82 Å². The second-order valence-corrected chi connectivity index (χ2v) is 4.13. The van der Waals surface area contributed by atoms with Crippen molar-refractivity contribution in [3.63, 3.8) is 0 Å². The molecule has 1 aromatic rings. The number of hydrogen-bond acceptors (Lipinski definition) is 5. The van der Waals surface area contributed by atoms with E-state index in [9.17, 15) is 0 Å². The molecular formula is C11H18N4O. The number of hydrogen-bond donors (Lipinski definition) is 2. The number of rotatable bonds is 3. The van der Waals surface area contributed by atoms with Gasteiger partial charge in [-0.3, -0.25) is 0 Å². The lowest BCUT2D eigenvalue weighted by Crippen LogP contribution is -2.32. The summed E-state index contributed by atoms with van der Waals surface area (Å²) in [5, 5.41) is 2.96. The van der Waals surface area contributed by atoms with Crippen molar-refractivity contribution in [3.8, 4) is 6.01 Å². The fraction of sp³-hybridized carbons (Fsp3) is 0.636. The lowest BCUT2D eigenvalue weighted by Gasteiger charge is -2.25. The molecule has 16 heavy (non-hydrogen) atoms. The highest BCUT2D eigenvalue weighted by Gasteiger charge is 2.20. The molecule has 0 bridgehead atoms. The van der Waals surface area contributed by atoms with Gasteiger partial charge in [-0.15, -0.1) is 0 Å². The molecule has 0 radical (unpaired) electrons. The summed E-state index contributed by atoms with van der Waals surface area (Å²) in [6.45, 7) is 0. The molecule has 5 heteroatoms. The summed E-state index contributed by atoms with van der Waals surface area (Å²) in [5.74, 6) is 0.775. The predicted octanol–water partition coefficient (Wildman–Crippen LogP) is 1.17. The van der Waals surface area contributed by atoms with Gasteiger partial charge >= 0.3 is 6.01 Å². The Labute approximate surface area is 95.4 Å². The molecule has 3 N–H and O–H groups in total. The summed E-state index contributed by atoms with van der Waals surface area (Å²) in [6.07, 6.45) is 5.95. The second-order valence-electron chi connectivity index (χ2n) is 4.13. The maximum atomic E-state index is 5.84. The van der Waals surface area contributed by atoms with Crippen LogP contribution in [0.25, 0.3) is 0 Å². The molecule has 1 aliphatic carbocycles. The van der Waals surface area contributed by atoms with Gasteiger partial charge in [-0.1, -0.05) is 0 Å². The van der Waals surface area contributed by atoms with Crippen LogP contribution in [0, 0.1) is 0 Å². The van der Waals surface area contributed by atoms with E-state index in [2.05, 4.69) is 15.3 Å². The van der Waals surface area contributed by atoms with Crippen LogP contribution in [0.5, 0.6) is 6.01 Å². The summed E-state index contributed by atoms with van der Waals surface area (Å²) < 4.78 is 5.73. The van der Waals surface area contributed by atoms with E-state index in [0.717, 1.165) is 31.5 Å². The number of aromatic nitrogens is 2. The number of nitrogens with two attached hydrogens (primary N) is 1. The normalized spacial score (nSPS) is 25.1. The summed E-state index contributed by atoms with van der Waals surface area (Å²) >= 11 is 0. The minimum absolute atomic E-state index is 0.215. The van der Waals surface area contributed by atoms with Crippen LogP contribution in [0.3, 0.4) is 0 Å². The van der Waals surface area contributed by atoms with Crippen molar-refractivity contribution in [2.45, 2.75) is 37.8 Å². The molecule has 1 aromatic heterocycles. The standard InChI is InChI=1S/C11H18N4O/c1-13-10-6-7-14-11(15-10)16-9-4-2-8(12)3-5-9/h6-9H,2-5,12H2,1H3,(H,13,14,15)/t8-,9-. The molecule has 0 aromatic carbocycles. The van der Waals surface area contributed by atoms with Crippen molar-refractivity contribution in [2.24, 2.45) is 5.73 Å². The van der Waals surface area contributed by atoms with Gasteiger partial charge in [-0.25, -0.2) is 4.98 Å². The van der Waals surface area contributed by atoms with Crippen molar-refractivity contribution in [3.05, 3.63) is 12.3 Å². The van der Waals surface area contributed by atoms with Crippen LogP contribution in [-0.2, 0) is 0 Å². The Kier molecular flexibility index (Phi) is 3.56. The zero-order valence-corrected chi connectivity index (χ0v) is 9.52. The van der Waals surface area contributed by atoms with E-state index in [0.29, 0.717) is 12.1 Å². The van der Waals surface area contributed by atoms with E-state index in [4.69, 9.17) is 10.5 Å². The van der Waals surface area contributed by atoms with E-state index >= 15 is 0 Å². The Morgan fingerprint density at radius 1 is 1.38 bits per heavy atom. The first kappa shape index (κ1) is 11.1. The average molecular weight is 222 g/mol. The summed E-state index contributed by atoms with van der Waals surface area (Å²) in [6, 6.07) is 2.60. The topological polar surface area (TPSA) is 73.1 Å². The van der Waals surface area contributed by atoms with Gasteiger partial charge in [0.1, 0.15) is 11.9 Å². The van der Waals surface area contributed by atoms with E-state index in [1.54, 1.807) is 6.20 Å². The lowest BCUT2D eigenvalue weighted by atomic mass is 9.94. The predicted molar refractivity (Wildman–Crippen MR) is 62.4 cm³/mol. The molecule has 0 aliphatic heterocycles. The highest BCUT2D eigenvalue weighted by molar-refractivity contribution is 5.32. The van der Waals surface area contributed by atoms with Gasteiger partial charge in [0.2, 0.25) is 0 Å².